The number of phenolic OH excluding ortho intramolecular Hbond substituents is 1. The maximum absolute atomic E-state index is 11.2. The molecule has 0 aromatic heterocycles. The summed E-state index contributed by atoms with van der Waals surface area (Å²) >= 11 is 1.85. The van der Waals surface area contributed by atoms with Crippen molar-refractivity contribution in [1.29, 1.82) is 0 Å². The van der Waals surface area contributed by atoms with Gasteiger partial charge in [-0.05, 0) is 85.9 Å². The van der Waals surface area contributed by atoms with E-state index in [1.54, 1.807) is 13.8 Å². The molecular weight excluding hydrogens is 456 g/mol. The number of carboxylic acids is 1. The fourth-order valence-corrected chi connectivity index (χ4v) is 4.79. The molecular formula is C30H44O4S. The number of ether oxygens (including phenoxy) is 1. The molecule has 194 valence electrons. The fraction of sp³-hybridized carbons (Fsp3) is 0.567. The van der Waals surface area contributed by atoms with Gasteiger partial charge in [0.2, 0.25) is 0 Å². The first kappa shape index (κ1) is 29.1. The topological polar surface area (TPSA) is 66.8 Å². The molecule has 0 atom stereocenters. The molecule has 0 aliphatic carbocycles. The van der Waals surface area contributed by atoms with Crippen LogP contribution in [0.25, 0.3) is 0 Å². The van der Waals surface area contributed by atoms with E-state index >= 15 is 0 Å². The molecule has 0 unspecified atom stereocenters. The Hall–Kier alpha value is -2.14. The van der Waals surface area contributed by atoms with Crippen LogP contribution in [0.5, 0.6) is 11.5 Å². The fourth-order valence-electron chi connectivity index (χ4n) is 3.86. The van der Waals surface area contributed by atoms with E-state index in [2.05, 4.69) is 65.8 Å². The van der Waals surface area contributed by atoms with Crippen molar-refractivity contribution < 1.29 is 19.7 Å². The van der Waals surface area contributed by atoms with Gasteiger partial charge in [-0.1, -0.05) is 53.7 Å². The molecule has 0 amide bonds. The molecule has 2 aromatic rings. The van der Waals surface area contributed by atoms with Crippen LogP contribution in [0.15, 0.2) is 41.3 Å². The number of aliphatic carboxylic acids is 1. The van der Waals surface area contributed by atoms with Crippen LogP contribution in [0, 0.1) is 5.41 Å². The van der Waals surface area contributed by atoms with E-state index in [-0.39, 0.29) is 10.8 Å². The smallest absolute Gasteiger partial charge is 0.309 e. The van der Waals surface area contributed by atoms with E-state index in [0.717, 1.165) is 35.5 Å². The molecule has 35 heavy (non-hydrogen) atoms. The Kier molecular flexibility index (Phi) is 9.75. The molecule has 0 radical (unpaired) electrons. The molecule has 0 spiro atoms. The molecule has 0 aliphatic heterocycles. The zero-order chi connectivity index (χ0) is 26.4. The number of carboxylic acid groups (broad SMARTS) is 1. The van der Waals surface area contributed by atoms with Gasteiger partial charge in [-0.15, -0.1) is 11.8 Å². The molecule has 0 heterocycles. The van der Waals surface area contributed by atoms with Crippen molar-refractivity contribution in [1.82, 2.24) is 0 Å². The molecule has 5 heteroatoms. The van der Waals surface area contributed by atoms with Crippen molar-refractivity contribution in [3.63, 3.8) is 0 Å². The van der Waals surface area contributed by atoms with Gasteiger partial charge < -0.3 is 14.9 Å². The number of aryl methyl sites for hydroxylation is 1. The lowest BCUT2D eigenvalue weighted by Gasteiger charge is -2.28. The van der Waals surface area contributed by atoms with Crippen molar-refractivity contribution in [2.75, 3.05) is 12.4 Å². The normalized spacial score (nSPS) is 12.6. The minimum Gasteiger partial charge on any atom is -0.507 e. The third-order valence-corrected chi connectivity index (χ3v) is 7.36. The van der Waals surface area contributed by atoms with Gasteiger partial charge in [0.25, 0.3) is 0 Å². The van der Waals surface area contributed by atoms with E-state index < -0.39 is 11.4 Å². The van der Waals surface area contributed by atoms with Crippen LogP contribution in [0.1, 0.15) is 91.3 Å². The molecule has 0 saturated carbocycles. The number of thioether (sulfide) groups is 1. The van der Waals surface area contributed by atoms with Crippen LogP contribution >= 0.6 is 11.8 Å². The Labute approximate surface area is 216 Å². The van der Waals surface area contributed by atoms with Gasteiger partial charge in [0.15, 0.2) is 0 Å². The van der Waals surface area contributed by atoms with Crippen molar-refractivity contribution in [3.05, 3.63) is 53.1 Å². The third kappa shape index (κ3) is 8.79. The zero-order valence-corrected chi connectivity index (χ0v) is 23.6. The summed E-state index contributed by atoms with van der Waals surface area (Å²) in [5.41, 5.74) is 2.35. The first-order valence-electron chi connectivity index (χ1n) is 12.6. The van der Waals surface area contributed by atoms with Gasteiger partial charge in [0, 0.05) is 16.0 Å². The highest BCUT2D eigenvalue weighted by atomic mass is 32.2. The maximum Gasteiger partial charge on any atom is 0.309 e. The van der Waals surface area contributed by atoms with E-state index in [1.165, 1.54) is 10.5 Å². The number of benzene rings is 2. The summed E-state index contributed by atoms with van der Waals surface area (Å²) in [6.45, 7) is 16.9. The standard InChI is InChI=1S/C30H44O4S/c1-28(2,3)24-19-23(20-25(26(24)31)29(4,5)6)35-18-9-11-21-12-14-22(15-13-21)34-17-10-16-30(7,8)27(32)33/h12-15,19-20,31H,9-11,16-18H2,1-8H3,(H,32,33). The summed E-state index contributed by atoms with van der Waals surface area (Å²) in [5.74, 6) is 1.50. The highest BCUT2D eigenvalue weighted by Gasteiger charge is 2.27. The summed E-state index contributed by atoms with van der Waals surface area (Å²) in [4.78, 5) is 12.4. The van der Waals surface area contributed by atoms with E-state index in [0.29, 0.717) is 25.2 Å². The molecule has 2 N–H and O–H groups in total. The molecule has 2 aromatic carbocycles. The summed E-state index contributed by atoms with van der Waals surface area (Å²) in [7, 11) is 0. The number of rotatable bonds is 11. The van der Waals surface area contributed by atoms with E-state index in [4.69, 9.17) is 4.74 Å². The lowest BCUT2D eigenvalue weighted by atomic mass is 9.79. The summed E-state index contributed by atoms with van der Waals surface area (Å²) in [5, 5.41) is 20.1. The van der Waals surface area contributed by atoms with E-state index in [9.17, 15) is 15.0 Å². The number of phenols is 1. The van der Waals surface area contributed by atoms with Crippen LogP contribution in [-0.4, -0.2) is 28.5 Å². The molecule has 4 nitrogen and oxygen atoms in total. The molecule has 0 fully saturated rings. The molecule has 2 rings (SSSR count). The van der Waals surface area contributed by atoms with Crippen LogP contribution in [0.2, 0.25) is 0 Å². The third-order valence-electron chi connectivity index (χ3n) is 6.30. The lowest BCUT2D eigenvalue weighted by Crippen LogP contribution is -2.24. The Morgan fingerprint density at radius 2 is 1.43 bits per heavy atom. The van der Waals surface area contributed by atoms with Crippen LogP contribution in [0.4, 0.5) is 0 Å². The van der Waals surface area contributed by atoms with Gasteiger partial charge in [-0.2, -0.15) is 0 Å². The first-order chi connectivity index (χ1) is 16.1. The van der Waals surface area contributed by atoms with Gasteiger partial charge in [-0.25, -0.2) is 0 Å². The maximum atomic E-state index is 11.2. The van der Waals surface area contributed by atoms with Crippen LogP contribution in [-0.2, 0) is 22.0 Å². The van der Waals surface area contributed by atoms with Crippen molar-refractivity contribution in [2.24, 2.45) is 5.41 Å². The SMILES string of the molecule is CC(C)(CCCOc1ccc(CCCSc2cc(C(C)(C)C)c(O)c(C(C)(C)C)c2)cc1)C(=O)O. The molecule has 0 aliphatic rings. The number of hydrogen-bond acceptors (Lipinski definition) is 4. The second-order valence-electron chi connectivity index (χ2n) is 12.1. The Morgan fingerprint density at radius 3 is 1.91 bits per heavy atom. The highest BCUT2D eigenvalue weighted by Crippen LogP contribution is 2.41. The summed E-state index contributed by atoms with van der Waals surface area (Å²) < 4.78 is 5.79. The molecule has 0 bridgehead atoms. The number of hydrogen-bond donors (Lipinski definition) is 2. The monoisotopic (exact) mass is 500 g/mol. The quantitative estimate of drug-likeness (QED) is 0.242. The summed E-state index contributed by atoms with van der Waals surface area (Å²) in [6, 6.07) is 12.5. The average molecular weight is 501 g/mol. The first-order valence-corrected chi connectivity index (χ1v) is 13.6. The largest absolute Gasteiger partial charge is 0.507 e. The predicted molar refractivity (Wildman–Crippen MR) is 147 cm³/mol. The Balaban J connectivity index is 1.87. The average Bonchev–Trinajstić information content (AvgIpc) is 2.74. The zero-order valence-electron chi connectivity index (χ0n) is 22.8. The van der Waals surface area contributed by atoms with Gasteiger partial charge in [0.05, 0.1) is 12.0 Å². The minimum absolute atomic E-state index is 0.114. The van der Waals surface area contributed by atoms with Crippen molar-refractivity contribution in [3.8, 4) is 11.5 Å². The number of carbonyl (C=O) groups is 1. The van der Waals surface area contributed by atoms with Gasteiger partial charge >= 0.3 is 5.97 Å². The van der Waals surface area contributed by atoms with Crippen molar-refractivity contribution >= 4 is 17.7 Å². The number of aromatic hydroxyl groups is 1. The van der Waals surface area contributed by atoms with Gasteiger partial charge in [-0.3, -0.25) is 4.79 Å². The Morgan fingerprint density at radius 1 is 0.886 bits per heavy atom. The second kappa shape index (κ2) is 11.7. The molecule has 0 saturated heterocycles. The van der Waals surface area contributed by atoms with Crippen molar-refractivity contribution in [2.45, 2.75) is 96.8 Å². The lowest BCUT2D eigenvalue weighted by molar-refractivity contribution is -0.147. The predicted octanol–water partition coefficient (Wildman–Crippen LogP) is 7.98. The van der Waals surface area contributed by atoms with Crippen LogP contribution < -0.4 is 4.74 Å². The second-order valence-corrected chi connectivity index (χ2v) is 13.3. The van der Waals surface area contributed by atoms with E-state index in [1.807, 2.05) is 23.9 Å². The van der Waals surface area contributed by atoms with Gasteiger partial charge in [0.1, 0.15) is 11.5 Å². The summed E-state index contributed by atoms with van der Waals surface area (Å²) in [6.07, 6.45) is 3.36. The Bertz CT molecular complexity index is 944. The minimum atomic E-state index is -0.769. The van der Waals surface area contributed by atoms with Crippen LogP contribution in [0.3, 0.4) is 0 Å². The highest BCUT2D eigenvalue weighted by molar-refractivity contribution is 7.99.